The Hall–Kier alpha value is -4.22. The number of hydrogen-bond acceptors (Lipinski definition) is 11. The first kappa shape index (κ1) is 38.0. The highest BCUT2D eigenvalue weighted by atomic mass is 16.6. The monoisotopic (exact) mass is 642 g/mol. The summed E-state index contributed by atoms with van der Waals surface area (Å²) in [6.07, 6.45) is 5.44. The minimum atomic E-state index is -0.641. The molecule has 1 fully saturated rings. The molecule has 3 atom stereocenters. The molecule has 0 N–H and O–H groups in total. The van der Waals surface area contributed by atoms with Crippen molar-refractivity contribution in [3.63, 3.8) is 0 Å². The van der Waals surface area contributed by atoms with Gasteiger partial charge in [-0.15, -0.1) is 0 Å². The molecular weight excluding hydrogens is 596 g/mol. The summed E-state index contributed by atoms with van der Waals surface area (Å²) >= 11 is 0. The molecule has 1 aliphatic rings. The lowest BCUT2D eigenvalue weighted by molar-refractivity contribution is -0.153. The lowest BCUT2D eigenvalue weighted by Crippen LogP contribution is -2.32. The minimum Gasteiger partial charge on any atom is -0.487 e. The van der Waals surface area contributed by atoms with E-state index >= 15 is 0 Å². The smallest absolute Gasteiger partial charge is 0.338 e. The van der Waals surface area contributed by atoms with Gasteiger partial charge in [0, 0.05) is 17.8 Å². The Morgan fingerprint density at radius 3 is 1.87 bits per heavy atom. The van der Waals surface area contributed by atoms with E-state index in [-0.39, 0.29) is 49.3 Å². The molecule has 0 bridgehead atoms. The highest BCUT2D eigenvalue weighted by Crippen LogP contribution is 2.23. The third-order valence-corrected chi connectivity index (χ3v) is 6.63. The summed E-state index contributed by atoms with van der Waals surface area (Å²) in [5.41, 5.74) is 0.933. The number of carbonyl (C=O) groups is 4. The van der Waals surface area contributed by atoms with E-state index in [0.717, 1.165) is 25.7 Å². The summed E-state index contributed by atoms with van der Waals surface area (Å²) in [7, 11) is 0. The standard InChI is InChI=1S/C35H46O11/c1-8-40-30(19-41-32(36)23(2)3)20-44-35(39)27-15-17-29(18-16-27)45-26(7)14-13-25(6)34(38)43-22-31(21-42-33(37)24(4)5)46-28-11-9-10-12-28/h13-18,26,28,30-31H,2,4,6,8-12,19-22H2,1,3,5,7H3/b14-13-. The van der Waals surface area contributed by atoms with Crippen molar-refractivity contribution in [2.24, 2.45) is 0 Å². The van der Waals surface area contributed by atoms with Crippen LogP contribution >= 0.6 is 0 Å². The molecule has 11 heteroatoms. The van der Waals surface area contributed by atoms with Gasteiger partial charge >= 0.3 is 23.9 Å². The maximum absolute atomic E-state index is 12.6. The molecule has 1 aromatic rings. The van der Waals surface area contributed by atoms with Crippen LogP contribution in [0.1, 0.15) is 63.7 Å². The summed E-state index contributed by atoms with van der Waals surface area (Å²) in [6.45, 7) is 17.5. The topological polar surface area (TPSA) is 133 Å². The van der Waals surface area contributed by atoms with Gasteiger partial charge in [-0.1, -0.05) is 32.6 Å². The molecule has 3 unspecified atom stereocenters. The molecule has 1 saturated carbocycles. The fourth-order valence-corrected chi connectivity index (χ4v) is 4.14. The second-order valence-corrected chi connectivity index (χ2v) is 10.9. The van der Waals surface area contributed by atoms with Crippen LogP contribution in [0.5, 0.6) is 5.75 Å². The Kier molecular flexibility index (Phi) is 16.5. The van der Waals surface area contributed by atoms with Crippen molar-refractivity contribution in [2.75, 3.05) is 33.0 Å². The number of benzene rings is 1. The molecule has 11 nitrogen and oxygen atoms in total. The quantitative estimate of drug-likeness (QED) is 0.0801. The zero-order valence-electron chi connectivity index (χ0n) is 27.2. The van der Waals surface area contributed by atoms with Crippen LogP contribution in [0, 0.1) is 0 Å². The van der Waals surface area contributed by atoms with E-state index < -0.39 is 42.2 Å². The zero-order valence-corrected chi connectivity index (χ0v) is 27.2. The Morgan fingerprint density at radius 1 is 0.804 bits per heavy atom. The third-order valence-electron chi connectivity index (χ3n) is 6.63. The first-order chi connectivity index (χ1) is 21.9. The summed E-state index contributed by atoms with van der Waals surface area (Å²) in [4.78, 5) is 48.5. The Morgan fingerprint density at radius 2 is 1.33 bits per heavy atom. The van der Waals surface area contributed by atoms with Gasteiger partial charge in [0.1, 0.15) is 50.5 Å². The van der Waals surface area contributed by atoms with Gasteiger partial charge < -0.3 is 33.2 Å². The molecule has 46 heavy (non-hydrogen) atoms. The van der Waals surface area contributed by atoms with Crippen molar-refractivity contribution >= 4 is 23.9 Å². The molecule has 1 aliphatic carbocycles. The average Bonchev–Trinajstić information content (AvgIpc) is 3.55. The second kappa shape index (κ2) is 20.0. The predicted molar refractivity (Wildman–Crippen MR) is 170 cm³/mol. The number of rotatable bonds is 20. The summed E-state index contributed by atoms with van der Waals surface area (Å²) < 4.78 is 38.4. The van der Waals surface area contributed by atoms with Gasteiger partial charge in [0.15, 0.2) is 0 Å². The molecule has 0 spiro atoms. The van der Waals surface area contributed by atoms with Crippen molar-refractivity contribution in [1.29, 1.82) is 0 Å². The number of hydrogen-bond donors (Lipinski definition) is 0. The normalized spacial score (nSPS) is 15.0. The van der Waals surface area contributed by atoms with Gasteiger partial charge in [-0.25, -0.2) is 19.2 Å². The van der Waals surface area contributed by atoms with Crippen molar-refractivity contribution in [2.45, 2.75) is 77.8 Å². The summed E-state index contributed by atoms with van der Waals surface area (Å²) in [6, 6.07) is 6.34. The predicted octanol–water partition coefficient (Wildman–Crippen LogP) is 5.24. The Labute approximate surface area is 271 Å². The molecule has 0 amide bonds. The van der Waals surface area contributed by atoms with Crippen molar-refractivity contribution in [3.05, 3.63) is 78.4 Å². The molecule has 252 valence electrons. The molecule has 0 aliphatic heterocycles. The highest BCUT2D eigenvalue weighted by Gasteiger charge is 2.24. The van der Waals surface area contributed by atoms with Crippen LogP contribution < -0.4 is 4.74 Å². The van der Waals surface area contributed by atoms with Crippen LogP contribution in [0.3, 0.4) is 0 Å². The lowest BCUT2D eigenvalue weighted by Gasteiger charge is -2.22. The van der Waals surface area contributed by atoms with E-state index in [1.165, 1.54) is 13.0 Å². The SMILES string of the molecule is C=C(C)C(=O)OCC(COC(=O)c1ccc(OC(C)/C=C\C(=C)C(=O)OCC(COC(=O)C(=C)C)OC2CCCC2)cc1)OCC. The summed E-state index contributed by atoms with van der Waals surface area (Å²) in [5.74, 6) is -1.81. The number of carbonyl (C=O) groups excluding carboxylic acids is 4. The fourth-order valence-electron chi connectivity index (χ4n) is 4.14. The van der Waals surface area contributed by atoms with Crippen molar-refractivity contribution in [3.8, 4) is 5.75 Å². The average molecular weight is 643 g/mol. The van der Waals surface area contributed by atoms with Gasteiger partial charge in [-0.3, -0.25) is 0 Å². The highest BCUT2D eigenvalue weighted by molar-refractivity contribution is 5.91. The van der Waals surface area contributed by atoms with Crippen LogP contribution in [0.4, 0.5) is 0 Å². The van der Waals surface area contributed by atoms with Crippen LogP contribution in [0.15, 0.2) is 72.9 Å². The van der Waals surface area contributed by atoms with Crippen LogP contribution in [-0.2, 0) is 42.8 Å². The maximum Gasteiger partial charge on any atom is 0.338 e. The van der Waals surface area contributed by atoms with Gasteiger partial charge in [0.25, 0.3) is 0 Å². The van der Waals surface area contributed by atoms with Crippen molar-refractivity contribution in [1.82, 2.24) is 0 Å². The molecule has 0 aromatic heterocycles. The van der Waals surface area contributed by atoms with Crippen molar-refractivity contribution < 1.29 is 52.3 Å². The molecule has 0 heterocycles. The van der Waals surface area contributed by atoms with Gasteiger partial charge in [-0.2, -0.15) is 0 Å². The maximum atomic E-state index is 12.6. The Balaban J connectivity index is 1.82. The molecule has 0 radical (unpaired) electrons. The van der Waals surface area contributed by atoms with Gasteiger partial charge in [0.05, 0.1) is 17.2 Å². The van der Waals surface area contributed by atoms with Gasteiger partial charge in [0.2, 0.25) is 0 Å². The minimum absolute atomic E-state index is 0.0332. The fraction of sp³-hybridized carbons (Fsp3) is 0.486. The number of ether oxygens (including phenoxy) is 7. The zero-order chi connectivity index (χ0) is 34.1. The van der Waals surface area contributed by atoms with Crippen LogP contribution in [-0.4, -0.2) is 81.3 Å². The van der Waals surface area contributed by atoms with E-state index in [9.17, 15) is 19.2 Å². The van der Waals surface area contributed by atoms with E-state index in [1.54, 1.807) is 51.1 Å². The largest absolute Gasteiger partial charge is 0.487 e. The van der Waals surface area contributed by atoms with Gasteiger partial charge in [-0.05, 0) is 77.0 Å². The summed E-state index contributed by atoms with van der Waals surface area (Å²) in [5, 5.41) is 0. The molecule has 0 saturated heterocycles. The van der Waals surface area contributed by atoms with Crippen LogP contribution in [0.25, 0.3) is 0 Å². The van der Waals surface area contributed by atoms with E-state index in [0.29, 0.717) is 17.9 Å². The first-order valence-corrected chi connectivity index (χ1v) is 15.3. The van der Waals surface area contributed by atoms with Crippen LogP contribution in [0.2, 0.25) is 0 Å². The number of esters is 4. The van der Waals surface area contributed by atoms with E-state index in [2.05, 4.69) is 19.7 Å². The Bertz CT molecular complexity index is 1240. The van der Waals surface area contributed by atoms with E-state index in [4.69, 9.17) is 33.2 Å². The van der Waals surface area contributed by atoms with E-state index in [1.807, 2.05) is 0 Å². The first-order valence-electron chi connectivity index (χ1n) is 15.3. The second-order valence-electron chi connectivity index (χ2n) is 10.9. The third kappa shape index (κ3) is 14.3. The molecule has 1 aromatic carbocycles. The molecular formula is C35H46O11. The lowest BCUT2D eigenvalue weighted by atomic mass is 10.2. The molecule has 2 rings (SSSR count).